The van der Waals surface area contributed by atoms with Gasteiger partial charge in [0.1, 0.15) is 10.9 Å². The second-order valence-corrected chi connectivity index (χ2v) is 7.23. The van der Waals surface area contributed by atoms with Crippen LogP contribution in [0.4, 0.5) is 13.2 Å². The minimum Gasteiger partial charge on any atom is -0.618 e. The SMILES string of the molecule is [O-][n+]1ccccc1C1(N2C=CSC2c2ccc(C(F)(F)F)cc2)CC1. The molecule has 2 aromatic rings. The number of aromatic nitrogens is 1. The van der Waals surface area contributed by atoms with Crippen LogP contribution in [-0.4, -0.2) is 4.90 Å². The standard InChI is InChI=1S/C18H15F3N2OS/c19-18(20,21)14-6-4-13(5-7-14)16-22(11-12-25-16)17(8-9-17)15-3-1-2-10-23(15)24/h1-7,10-12,16H,8-9H2. The van der Waals surface area contributed by atoms with Crippen LogP contribution >= 0.6 is 11.8 Å². The maximum absolute atomic E-state index is 12.8. The first kappa shape index (κ1) is 16.3. The summed E-state index contributed by atoms with van der Waals surface area (Å²) in [6.45, 7) is 0. The van der Waals surface area contributed by atoms with Gasteiger partial charge in [0.05, 0.1) is 5.56 Å². The summed E-state index contributed by atoms with van der Waals surface area (Å²) in [5.41, 5.74) is 0.443. The molecule has 2 aliphatic rings. The molecule has 1 aliphatic heterocycles. The molecule has 1 saturated carbocycles. The van der Waals surface area contributed by atoms with Crippen LogP contribution in [0.5, 0.6) is 0 Å². The van der Waals surface area contributed by atoms with Crippen LogP contribution in [0.15, 0.2) is 60.3 Å². The van der Waals surface area contributed by atoms with Crippen molar-refractivity contribution in [3.8, 4) is 0 Å². The van der Waals surface area contributed by atoms with Crippen molar-refractivity contribution < 1.29 is 17.9 Å². The smallest absolute Gasteiger partial charge is 0.416 e. The fourth-order valence-electron chi connectivity index (χ4n) is 3.32. The largest absolute Gasteiger partial charge is 0.618 e. The summed E-state index contributed by atoms with van der Waals surface area (Å²) in [4.78, 5) is 2.10. The van der Waals surface area contributed by atoms with Crippen LogP contribution < -0.4 is 4.73 Å². The molecule has 1 aliphatic carbocycles. The van der Waals surface area contributed by atoms with Crippen molar-refractivity contribution in [2.75, 3.05) is 0 Å². The van der Waals surface area contributed by atoms with Gasteiger partial charge in [-0.1, -0.05) is 12.1 Å². The van der Waals surface area contributed by atoms with E-state index in [1.165, 1.54) is 30.1 Å². The summed E-state index contributed by atoms with van der Waals surface area (Å²) < 4.78 is 39.2. The number of thioether (sulfide) groups is 1. The molecule has 130 valence electrons. The molecule has 0 radical (unpaired) electrons. The predicted octanol–water partition coefficient (Wildman–Crippen LogP) is 4.55. The van der Waals surface area contributed by atoms with Gasteiger partial charge >= 0.3 is 6.18 Å². The van der Waals surface area contributed by atoms with E-state index in [0.717, 1.165) is 35.3 Å². The molecule has 0 amide bonds. The third-order valence-electron chi connectivity index (χ3n) is 4.72. The number of hydrogen-bond acceptors (Lipinski definition) is 3. The first-order valence-electron chi connectivity index (χ1n) is 7.88. The quantitative estimate of drug-likeness (QED) is 0.591. The summed E-state index contributed by atoms with van der Waals surface area (Å²) in [5.74, 6) is 0. The Hall–Kier alpha value is -2.15. The molecule has 0 N–H and O–H groups in total. The van der Waals surface area contributed by atoms with Crippen LogP contribution in [0, 0.1) is 5.21 Å². The van der Waals surface area contributed by atoms with E-state index in [9.17, 15) is 18.4 Å². The van der Waals surface area contributed by atoms with Gasteiger partial charge in [0, 0.05) is 18.3 Å². The van der Waals surface area contributed by atoms with Crippen LogP contribution in [0.25, 0.3) is 0 Å². The average molecular weight is 364 g/mol. The molecule has 0 saturated heterocycles. The lowest BCUT2D eigenvalue weighted by Gasteiger charge is -2.32. The Morgan fingerprint density at radius 3 is 2.44 bits per heavy atom. The minimum absolute atomic E-state index is 0.134. The first-order chi connectivity index (χ1) is 11.9. The number of halogens is 3. The number of hydrogen-bond donors (Lipinski definition) is 0. The van der Waals surface area contributed by atoms with Crippen molar-refractivity contribution >= 4 is 11.8 Å². The molecule has 3 nitrogen and oxygen atoms in total. The molecular weight excluding hydrogens is 349 g/mol. The fourth-order valence-corrected chi connectivity index (χ4v) is 4.38. The zero-order valence-corrected chi connectivity index (χ0v) is 13.9. The minimum atomic E-state index is -4.34. The van der Waals surface area contributed by atoms with E-state index in [1.54, 1.807) is 6.07 Å². The lowest BCUT2D eigenvalue weighted by molar-refractivity contribution is -0.618. The summed E-state index contributed by atoms with van der Waals surface area (Å²) in [5, 5.41) is 14.0. The molecule has 7 heteroatoms. The maximum atomic E-state index is 12.8. The molecule has 1 aromatic heterocycles. The maximum Gasteiger partial charge on any atom is 0.416 e. The van der Waals surface area contributed by atoms with Crippen LogP contribution in [-0.2, 0) is 11.7 Å². The summed E-state index contributed by atoms with van der Waals surface area (Å²) >= 11 is 1.54. The number of rotatable bonds is 3. The van der Waals surface area contributed by atoms with E-state index >= 15 is 0 Å². The topological polar surface area (TPSA) is 30.2 Å². The molecule has 4 rings (SSSR count). The summed E-state index contributed by atoms with van der Waals surface area (Å²) in [6, 6.07) is 10.6. The highest BCUT2D eigenvalue weighted by Crippen LogP contribution is 2.57. The van der Waals surface area contributed by atoms with Gasteiger partial charge in [-0.2, -0.15) is 17.9 Å². The Bertz CT molecular complexity index is 816. The van der Waals surface area contributed by atoms with Gasteiger partial charge in [-0.15, -0.1) is 11.8 Å². The Labute approximate surface area is 147 Å². The fraction of sp³-hybridized carbons (Fsp3) is 0.278. The van der Waals surface area contributed by atoms with Gasteiger partial charge in [-0.05, 0) is 42.0 Å². The van der Waals surface area contributed by atoms with E-state index in [0.29, 0.717) is 5.69 Å². The van der Waals surface area contributed by atoms with E-state index < -0.39 is 11.7 Å². The third kappa shape index (κ3) is 2.76. The second-order valence-electron chi connectivity index (χ2n) is 6.24. The molecule has 2 heterocycles. The summed E-state index contributed by atoms with van der Waals surface area (Å²) in [7, 11) is 0. The van der Waals surface area contributed by atoms with Crippen molar-refractivity contribution in [1.82, 2.24) is 4.90 Å². The predicted molar refractivity (Wildman–Crippen MR) is 89.1 cm³/mol. The first-order valence-corrected chi connectivity index (χ1v) is 8.82. The summed E-state index contributed by atoms with van der Waals surface area (Å²) in [6.07, 6.45) is 0.778. The van der Waals surface area contributed by atoms with Gasteiger partial charge < -0.3 is 10.1 Å². The molecule has 0 bridgehead atoms. The van der Waals surface area contributed by atoms with E-state index in [4.69, 9.17) is 0 Å². The molecule has 25 heavy (non-hydrogen) atoms. The normalized spacial score (nSPS) is 21.6. The Kier molecular flexibility index (Phi) is 3.72. The second kappa shape index (κ2) is 5.69. The molecule has 0 spiro atoms. The monoisotopic (exact) mass is 364 g/mol. The van der Waals surface area contributed by atoms with Crippen LogP contribution in [0.3, 0.4) is 0 Å². The zero-order chi connectivity index (χ0) is 17.7. The number of pyridine rings is 1. The lowest BCUT2D eigenvalue weighted by atomic mass is 10.1. The van der Waals surface area contributed by atoms with E-state index in [-0.39, 0.29) is 10.9 Å². The highest BCUT2D eigenvalue weighted by atomic mass is 32.2. The zero-order valence-electron chi connectivity index (χ0n) is 13.1. The molecule has 1 atom stereocenters. The van der Waals surface area contributed by atoms with Gasteiger partial charge in [0.2, 0.25) is 5.69 Å². The Morgan fingerprint density at radius 2 is 1.84 bits per heavy atom. The van der Waals surface area contributed by atoms with Crippen molar-refractivity contribution in [1.29, 1.82) is 0 Å². The Balaban J connectivity index is 1.65. The number of alkyl halides is 3. The van der Waals surface area contributed by atoms with Crippen molar-refractivity contribution in [3.63, 3.8) is 0 Å². The highest BCUT2D eigenvalue weighted by Gasteiger charge is 2.57. The molecule has 1 unspecified atom stereocenters. The molecular formula is C18H15F3N2OS. The number of nitrogens with zero attached hydrogens (tertiary/aromatic N) is 2. The van der Waals surface area contributed by atoms with Gasteiger partial charge in [-0.3, -0.25) is 0 Å². The molecule has 1 fully saturated rings. The van der Waals surface area contributed by atoms with E-state index in [2.05, 4.69) is 4.90 Å². The van der Waals surface area contributed by atoms with E-state index in [1.807, 2.05) is 23.7 Å². The van der Waals surface area contributed by atoms with Gasteiger partial charge in [0.25, 0.3) is 0 Å². The average Bonchev–Trinajstić information content (AvgIpc) is 3.23. The van der Waals surface area contributed by atoms with Crippen molar-refractivity contribution in [2.24, 2.45) is 0 Å². The Morgan fingerprint density at radius 1 is 1.12 bits per heavy atom. The van der Waals surface area contributed by atoms with Crippen LogP contribution in [0.2, 0.25) is 0 Å². The highest BCUT2D eigenvalue weighted by molar-refractivity contribution is 8.02. The number of benzene rings is 1. The van der Waals surface area contributed by atoms with Crippen molar-refractivity contribution in [3.05, 3.63) is 82.3 Å². The molecule has 1 aromatic carbocycles. The lowest BCUT2D eigenvalue weighted by Crippen LogP contribution is -2.42. The van der Waals surface area contributed by atoms with Crippen molar-refractivity contribution in [2.45, 2.75) is 29.9 Å². The van der Waals surface area contributed by atoms with Gasteiger partial charge in [-0.25, -0.2) is 0 Å². The van der Waals surface area contributed by atoms with Gasteiger partial charge in [0.15, 0.2) is 6.20 Å². The third-order valence-corrected chi connectivity index (χ3v) is 5.76. The van der Waals surface area contributed by atoms with Crippen LogP contribution in [0.1, 0.15) is 35.0 Å².